The fourth-order valence-corrected chi connectivity index (χ4v) is 3.52. The molecule has 26 heavy (non-hydrogen) atoms. The van der Waals surface area contributed by atoms with Crippen molar-refractivity contribution in [3.05, 3.63) is 59.0 Å². The highest BCUT2D eigenvalue weighted by molar-refractivity contribution is 6.31. The number of benzene rings is 1. The summed E-state index contributed by atoms with van der Waals surface area (Å²) in [6.07, 6.45) is 6.25. The zero-order chi connectivity index (χ0) is 18.4. The second-order valence-corrected chi connectivity index (χ2v) is 7.09. The van der Waals surface area contributed by atoms with E-state index in [1.807, 2.05) is 29.2 Å². The van der Waals surface area contributed by atoms with E-state index in [1.54, 1.807) is 6.07 Å². The Kier molecular flexibility index (Phi) is 6.34. The topological polar surface area (TPSA) is 62.6 Å². The number of rotatable bonds is 6. The summed E-state index contributed by atoms with van der Waals surface area (Å²) in [6.45, 7) is 1.90. The molecule has 0 aliphatic carbocycles. The van der Waals surface area contributed by atoms with Gasteiger partial charge in [0.25, 0.3) is 5.91 Å². The van der Waals surface area contributed by atoms with Crippen molar-refractivity contribution in [1.82, 2.24) is 10.2 Å². The van der Waals surface area contributed by atoms with Crippen molar-refractivity contribution in [2.45, 2.75) is 32.2 Å². The van der Waals surface area contributed by atoms with Crippen LogP contribution in [-0.2, 0) is 11.3 Å². The smallest absolute Gasteiger partial charge is 0.257 e. The van der Waals surface area contributed by atoms with Crippen LogP contribution in [0.5, 0.6) is 0 Å². The summed E-state index contributed by atoms with van der Waals surface area (Å²) in [5, 5.41) is 3.58. The van der Waals surface area contributed by atoms with Gasteiger partial charge in [-0.25, -0.2) is 0 Å². The molecule has 1 aromatic carbocycles. The van der Waals surface area contributed by atoms with Crippen molar-refractivity contribution in [2.75, 3.05) is 13.1 Å². The lowest BCUT2D eigenvalue weighted by Crippen LogP contribution is -2.40. The first kappa shape index (κ1) is 18.5. The van der Waals surface area contributed by atoms with Crippen LogP contribution in [-0.4, -0.2) is 29.8 Å². The van der Waals surface area contributed by atoms with Gasteiger partial charge in [-0.15, -0.1) is 0 Å². The van der Waals surface area contributed by atoms with Gasteiger partial charge in [-0.1, -0.05) is 29.8 Å². The average Bonchev–Trinajstić information content (AvgIpc) is 3.20. The molecule has 5 nitrogen and oxygen atoms in total. The predicted molar refractivity (Wildman–Crippen MR) is 99.9 cm³/mol. The number of nitrogens with zero attached hydrogens (tertiary/aromatic N) is 1. The second kappa shape index (κ2) is 8.90. The van der Waals surface area contributed by atoms with Gasteiger partial charge in [-0.3, -0.25) is 9.59 Å². The summed E-state index contributed by atoms with van der Waals surface area (Å²) < 4.78 is 4.99. The third-order valence-corrected chi connectivity index (χ3v) is 5.16. The lowest BCUT2D eigenvalue weighted by atomic mass is 9.93. The summed E-state index contributed by atoms with van der Waals surface area (Å²) >= 11 is 6.10. The number of hydrogen-bond donors (Lipinski definition) is 1. The molecule has 0 saturated carbocycles. The standard InChI is InChI=1S/C20H23ClN2O3/c21-18-6-2-1-5-16(18)12-22-19(24)8-7-15-4-3-10-23(13-15)20(25)17-9-11-26-14-17/h1-2,5-6,9,11,14-15H,3-4,7-8,10,12-13H2,(H,22,24)/t15-/m1/s1. The molecule has 1 aliphatic rings. The van der Waals surface area contributed by atoms with Gasteiger partial charge < -0.3 is 14.6 Å². The first-order valence-electron chi connectivity index (χ1n) is 8.95. The molecular weight excluding hydrogens is 352 g/mol. The number of hydrogen-bond acceptors (Lipinski definition) is 3. The van der Waals surface area contributed by atoms with E-state index in [1.165, 1.54) is 12.5 Å². The van der Waals surface area contributed by atoms with E-state index in [0.29, 0.717) is 36.0 Å². The first-order valence-corrected chi connectivity index (χ1v) is 9.33. The fourth-order valence-electron chi connectivity index (χ4n) is 3.31. The zero-order valence-electron chi connectivity index (χ0n) is 14.6. The van der Waals surface area contributed by atoms with Crippen LogP contribution >= 0.6 is 11.6 Å². The van der Waals surface area contributed by atoms with E-state index in [-0.39, 0.29) is 11.8 Å². The highest BCUT2D eigenvalue weighted by Crippen LogP contribution is 2.22. The van der Waals surface area contributed by atoms with Crippen LogP contribution in [0.3, 0.4) is 0 Å². The Balaban J connectivity index is 1.43. The van der Waals surface area contributed by atoms with Crippen molar-refractivity contribution in [2.24, 2.45) is 5.92 Å². The minimum Gasteiger partial charge on any atom is -0.472 e. The van der Waals surface area contributed by atoms with E-state index < -0.39 is 0 Å². The van der Waals surface area contributed by atoms with Gasteiger partial charge in [-0.2, -0.15) is 0 Å². The van der Waals surface area contributed by atoms with E-state index in [0.717, 1.165) is 31.4 Å². The quantitative estimate of drug-likeness (QED) is 0.834. The van der Waals surface area contributed by atoms with E-state index in [9.17, 15) is 9.59 Å². The summed E-state index contributed by atoms with van der Waals surface area (Å²) in [5.74, 6) is 0.375. The van der Waals surface area contributed by atoms with E-state index in [4.69, 9.17) is 16.0 Å². The Morgan fingerprint density at radius 2 is 2.12 bits per heavy atom. The van der Waals surface area contributed by atoms with Gasteiger partial charge in [-0.05, 0) is 42.9 Å². The number of carbonyl (C=O) groups excluding carboxylic acids is 2. The molecule has 1 N–H and O–H groups in total. The Morgan fingerprint density at radius 3 is 2.88 bits per heavy atom. The number of carbonyl (C=O) groups is 2. The number of halogens is 1. The van der Waals surface area contributed by atoms with E-state index in [2.05, 4.69) is 5.32 Å². The molecule has 1 saturated heterocycles. The first-order chi connectivity index (χ1) is 12.6. The molecule has 0 unspecified atom stereocenters. The fraction of sp³-hybridized carbons (Fsp3) is 0.400. The number of piperidine rings is 1. The molecule has 1 atom stereocenters. The Bertz CT molecular complexity index is 745. The largest absolute Gasteiger partial charge is 0.472 e. The molecule has 0 bridgehead atoms. The molecule has 6 heteroatoms. The van der Waals surface area contributed by atoms with Crippen molar-refractivity contribution < 1.29 is 14.0 Å². The number of likely N-dealkylation sites (tertiary alicyclic amines) is 1. The molecular formula is C20H23ClN2O3. The third kappa shape index (κ3) is 4.88. The minimum absolute atomic E-state index is 0.00613. The minimum atomic E-state index is 0.00613. The molecule has 1 aliphatic heterocycles. The SMILES string of the molecule is O=C(CC[C@H]1CCCN(C(=O)c2ccoc2)C1)NCc1ccccc1Cl. The second-order valence-electron chi connectivity index (χ2n) is 6.68. The van der Waals surface area contributed by atoms with Crippen LogP contribution < -0.4 is 5.32 Å². The van der Waals surface area contributed by atoms with Gasteiger partial charge >= 0.3 is 0 Å². The summed E-state index contributed by atoms with van der Waals surface area (Å²) in [4.78, 5) is 26.4. The predicted octanol–water partition coefficient (Wildman–Crippen LogP) is 3.88. The maximum absolute atomic E-state index is 12.4. The number of furan rings is 1. The summed E-state index contributed by atoms with van der Waals surface area (Å²) in [5.41, 5.74) is 1.50. The van der Waals surface area contributed by atoms with Crippen LogP contribution in [0.15, 0.2) is 47.3 Å². The van der Waals surface area contributed by atoms with Crippen LogP contribution in [0.25, 0.3) is 0 Å². The highest BCUT2D eigenvalue weighted by Gasteiger charge is 2.25. The molecule has 2 aromatic rings. The van der Waals surface area contributed by atoms with Gasteiger partial charge in [0.15, 0.2) is 0 Å². The van der Waals surface area contributed by atoms with Gasteiger partial charge in [0, 0.05) is 31.1 Å². The Labute approximate surface area is 158 Å². The molecule has 0 radical (unpaired) electrons. The molecule has 2 amide bonds. The molecule has 2 heterocycles. The molecule has 138 valence electrons. The molecule has 1 aromatic heterocycles. The number of amides is 2. The van der Waals surface area contributed by atoms with Crippen molar-refractivity contribution >= 4 is 23.4 Å². The van der Waals surface area contributed by atoms with Gasteiger partial charge in [0.05, 0.1) is 11.8 Å². The average molecular weight is 375 g/mol. The maximum atomic E-state index is 12.4. The highest BCUT2D eigenvalue weighted by atomic mass is 35.5. The Morgan fingerprint density at radius 1 is 1.27 bits per heavy atom. The van der Waals surface area contributed by atoms with Gasteiger partial charge in [0.2, 0.25) is 5.91 Å². The summed E-state index contributed by atoms with van der Waals surface area (Å²) in [6, 6.07) is 9.18. The maximum Gasteiger partial charge on any atom is 0.257 e. The Hall–Kier alpha value is -2.27. The lowest BCUT2D eigenvalue weighted by molar-refractivity contribution is -0.121. The normalized spacial score (nSPS) is 17.1. The monoisotopic (exact) mass is 374 g/mol. The van der Waals surface area contributed by atoms with E-state index >= 15 is 0 Å². The van der Waals surface area contributed by atoms with Crippen molar-refractivity contribution in [1.29, 1.82) is 0 Å². The van der Waals surface area contributed by atoms with Crippen molar-refractivity contribution in [3.8, 4) is 0 Å². The van der Waals surface area contributed by atoms with Crippen LogP contribution in [0, 0.1) is 5.92 Å². The van der Waals surface area contributed by atoms with Gasteiger partial charge in [0.1, 0.15) is 6.26 Å². The zero-order valence-corrected chi connectivity index (χ0v) is 15.4. The third-order valence-electron chi connectivity index (χ3n) is 4.79. The molecule has 0 spiro atoms. The number of nitrogens with one attached hydrogen (secondary N) is 1. The molecule has 3 rings (SSSR count). The summed E-state index contributed by atoms with van der Waals surface area (Å²) in [7, 11) is 0. The lowest BCUT2D eigenvalue weighted by Gasteiger charge is -2.32. The van der Waals surface area contributed by atoms with Crippen LogP contribution in [0.4, 0.5) is 0 Å². The molecule has 1 fully saturated rings. The van der Waals surface area contributed by atoms with Crippen LogP contribution in [0.1, 0.15) is 41.6 Å². The van der Waals surface area contributed by atoms with Crippen LogP contribution in [0.2, 0.25) is 5.02 Å². The van der Waals surface area contributed by atoms with Crippen molar-refractivity contribution in [3.63, 3.8) is 0 Å².